The van der Waals surface area contributed by atoms with Crippen molar-refractivity contribution in [1.82, 2.24) is 10.7 Å². The molecule has 0 unspecified atom stereocenters. The monoisotopic (exact) mass is 400 g/mol. The number of ether oxygens (including phenoxy) is 1. The van der Waals surface area contributed by atoms with Crippen LogP contribution in [0.1, 0.15) is 18.1 Å². The third kappa shape index (κ3) is 6.31. The van der Waals surface area contributed by atoms with Gasteiger partial charge in [-0.2, -0.15) is 5.10 Å². The Labute approximate surface area is 166 Å². The lowest BCUT2D eigenvalue weighted by Crippen LogP contribution is -2.38. The molecule has 29 heavy (non-hydrogen) atoms. The first-order valence-electron chi connectivity index (χ1n) is 8.71. The lowest BCUT2D eigenvalue weighted by molar-refractivity contribution is -0.386. The highest BCUT2D eigenvalue weighted by Gasteiger charge is 2.20. The number of phenolic OH excluding ortho intramolecular Hbond substituents is 1. The summed E-state index contributed by atoms with van der Waals surface area (Å²) in [5.41, 5.74) is 2.69. The van der Waals surface area contributed by atoms with E-state index in [1.54, 1.807) is 6.92 Å². The summed E-state index contributed by atoms with van der Waals surface area (Å²) in [5, 5.41) is 26.9. The highest BCUT2D eigenvalue weighted by molar-refractivity contribution is 6.35. The lowest BCUT2D eigenvalue weighted by Gasteiger charge is -2.07. The lowest BCUT2D eigenvalue weighted by atomic mass is 10.1. The number of nitro benzene ring substituents is 1. The van der Waals surface area contributed by atoms with E-state index in [0.29, 0.717) is 6.42 Å². The molecular formula is C19H20N4O6. The number of amides is 2. The molecule has 0 bridgehead atoms. The number of aromatic hydroxyl groups is 1. The summed E-state index contributed by atoms with van der Waals surface area (Å²) in [7, 11) is 0. The summed E-state index contributed by atoms with van der Waals surface area (Å²) in [6, 6.07) is 11.8. The number of hydrogen-bond acceptors (Lipinski definition) is 7. The molecule has 0 saturated carbocycles. The molecule has 0 aliphatic carbocycles. The molecule has 10 heteroatoms. The highest BCUT2D eigenvalue weighted by atomic mass is 16.6. The van der Waals surface area contributed by atoms with Gasteiger partial charge < -0.3 is 15.2 Å². The molecule has 152 valence electrons. The Morgan fingerprint density at radius 2 is 1.97 bits per heavy atom. The van der Waals surface area contributed by atoms with Gasteiger partial charge in [-0.25, -0.2) is 5.43 Å². The minimum atomic E-state index is -0.979. The van der Waals surface area contributed by atoms with Gasteiger partial charge in [-0.1, -0.05) is 30.3 Å². The number of phenols is 1. The standard InChI is InChI=1S/C19H20N4O6/c1-2-29-16-11-14(10-15(17(16)24)23(27)28)12-21-22-19(26)18(25)20-9-8-13-6-4-3-5-7-13/h3-7,10-12,24H,2,8-9H2,1H3,(H,20,25)(H,22,26)/b21-12-. The van der Waals surface area contributed by atoms with Crippen LogP contribution in [-0.4, -0.2) is 41.2 Å². The Kier molecular flexibility index (Phi) is 7.66. The van der Waals surface area contributed by atoms with E-state index >= 15 is 0 Å². The predicted molar refractivity (Wildman–Crippen MR) is 105 cm³/mol. The van der Waals surface area contributed by atoms with E-state index in [2.05, 4.69) is 10.4 Å². The van der Waals surface area contributed by atoms with E-state index in [-0.39, 0.29) is 24.5 Å². The molecule has 0 atom stereocenters. The van der Waals surface area contributed by atoms with Crippen LogP contribution in [0.25, 0.3) is 0 Å². The molecule has 0 aliphatic heterocycles. The van der Waals surface area contributed by atoms with Gasteiger partial charge in [-0.05, 0) is 25.0 Å². The minimum absolute atomic E-state index is 0.0897. The Morgan fingerprint density at radius 3 is 2.62 bits per heavy atom. The maximum absolute atomic E-state index is 11.8. The van der Waals surface area contributed by atoms with Crippen molar-refractivity contribution in [3.05, 3.63) is 63.7 Å². The summed E-state index contributed by atoms with van der Waals surface area (Å²) in [6.45, 7) is 2.12. The van der Waals surface area contributed by atoms with Gasteiger partial charge in [0.1, 0.15) is 0 Å². The van der Waals surface area contributed by atoms with Crippen molar-refractivity contribution >= 4 is 23.7 Å². The number of nitro groups is 1. The van der Waals surface area contributed by atoms with Crippen molar-refractivity contribution in [3.8, 4) is 11.5 Å². The van der Waals surface area contributed by atoms with Crippen LogP contribution in [0.3, 0.4) is 0 Å². The van der Waals surface area contributed by atoms with Gasteiger partial charge in [0.05, 0.1) is 17.7 Å². The van der Waals surface area contributed by atoms with Crippen molar-refractivity contribution in [2.75, 3.05) is 13.2 Å². The number of carbonyl (C=O) groups excluding carboxylic acids is 2. The fourth-order valence-electron chi connectivity index (χ4n) is 2.35. The Balaban J connectivity index is 1.93. The number of benzene rings is 2. The van der Waals surface area contributed by atoms with Gasteiger partial charge in [0.15, 0.2) is 5.75 Å². The Bertz CT molecular complexity index is 914. The number of rotatable bonds is 8. The van der Waals surface area contributed by atoms with E-state index in [9.17, 15) is 24.8 Å². The molecule has 0 aromatic heterocycles. The van der Waals surface area contributed by atoms with Crippen molar-refractivity contribution in [2.45, 2.75) is 13.3 Å². The normalized spacial score (nSPS) is 10.5. The number of carbonyl (C=O) groups is 2. The predicted octanol–water partition coefficient (Wildman–Crippen LogP) is 1.51. The molecule has 2 aromatic carbocycles. The maximum atomic E-state index is 11.8. The number of nitrogens with zero attached hydrogens (tertiary/aromatic N) is 2. The molecule has 2 aromatic rings. The molecule has 0 spiro atoms. The highest BCUT2D eigenvalue weighted by Crippen LogP contribution is 2.36. The van der Waals surface area contributed by atoms with Gasteiger partial charge in [0, 0.05) is 18.2 Å². The van der Waals surface area contributed by atoms with Crippen LogP contribution in [0.2, 0.25) is 0 Å². The van der Waals surface area contributed by atoms with Crippen LogP contribution in [-0.2, 0) is 16.0 Å². The van der Waals surface area contributed by atoms with E-state index in [0.717, 1.165) is 17.8 Å². The molecule has 0 heterocycles. The van der Waals surface area contributed by atoms with Crippen molar-refractivity contribution < 1.29 is 24.4 Å². The molecule has 0 aliphatic rings. The topological polar surface area (TPSA) is 143 Å². The zero-order chi connectivity index (χ0) is 21.2. The summed E-state index contributed by atoms with van der Waals surface area (Å²) in [6.07, 6.45) is 1.67. The minimum Gasteiger partial charge on any atom is -0.500 e. The second-order valence-electron chi connectivity index (χ2n) is 5.77. The van der Waals surface area contributed by atoms with Gasteiger partial charge in [-0.15, -0.1) is 0 Å². The molecule has 0 fully saturated rings. The molecule has 2 amide bonds. The number of hydrogen-bond donors (Lipinski definition) is 3. The van der Waals surface area contributed by atoms with Crippen LogP contribution >= 0.6 is 0 Å². The smallest absolute Gasteiger partial charge is 0.329 e. The first-order valence-corrected chi connectivity index (χ1v) is 8.71. The average Bonchev–Trinajstić information content (AvgIpc) is 2.70. The quantitative estimate of drug-likeness (QED) is 0.265. The van der Waals surface area contributed by atoms with E-state index in [1.807, 2.05) is 35.8 Å². The summed E-state index contributed by atoms with van der Waals surface area (Å²) >= 11 is 0. The van der Waals surface area contributed by atoms with Crippen LogP contribution in [0.4, 0.5) is 5.69 Å². The van der Waals surface area contributed by atoms with Crippen molar-refractivity contribution in [2.24, 2.45) is 5.10 Å². The first kappa shape index (κ1) is 21.4. The van der Waals surface area contributed by atoms with E-state index in [1.165, 1.54) is 6.07 Å². The van der Waals surface area contributed by atoms with Gasteiger partial charge >= 0.3 is 17.5 Å². The largest absolute Gasteiger partial charge is 0.500 e. The van der Waals surface area contributed by atoms with Gasteiger partial charge in [0.2, 0.25) is 5.75 Å². The van der Waals surface area contributed by atoms with Crippen LogP contribution in [0.15, 0.2) is 47.6 Å². The van der Waals surface area contributed by atoms with Crippen LogP contribution in [0.5, 0.6) is 11.5 Å². The number of hydrazone groups is 1. The SMILES string of the molecule is CCOc1cc(/C=N\NC(=O)C(=O)NCCc2ccccc2)cc([N+](=O)[O-])c1O. The van der Waals surface area contributed by atoms with Crippen molar-refractivity contribution in [3.63, 3.8) is 0 Å². The average molecular weight is 400 g/mol. The fraction of sp³-hybridized carbons (Fsp3) is 0.211. The molecule has 10 nitrogen and oxygen atoms in total. The summed E-state index contributed by atoms with van der Waals surface area (Å²) in [4.78, 5) is 33.8. The van der Waals surface area contributed by atoms with E-state index < -0.39 is 28.2 Å². The zero-order valence-corrected chi connectivity index (χ0v) is 15.6. The zero-order valence-electron chi connectivity index (χ0n) is 15.6. The van der Waals surface area contributed by atoms with Gasteiger partial charge in [-0.3, -0.25) is 19.7 Å². The van der Waals surface area contributed by atoms with Crippen LogP contribution < -0.4 is 15.5 Å². The second-order valence-corrected chi connectivity index (χ2v) is 5.77. The van der Waals surface area contributed by atoms with Crippen LogP contribution in [0, 0.1) is 10.1 Å². The maximum Gasteiger partial charge on any atom is 0.329 e. The second kappa shape index (κ2) is 10.4. The molecular weight excluding hydrogens is 380 g/mol. The molecule has 2 rings (SSSR count). The molecule has 0 saturated heterocycles. The third-order valence-corrected chi connectivity index (χ3v) is 3.70. The van der Waals surface area contributed by atoms with E-state index in [4.69, 9.17) is 4.74 Å². The fourth-order valence-corrected chi connectivity index (χ4v) is 2.35. The first-order chi connectivity index (χ1) is 13.9. The summed E-state index contributed by atoms with van der Waals surface area (Å²) < 4.78 is 5.15. The van der Waals surface area contributed by atoms with Crippen molar-refractivity contribution in [1.29, 1.82) is 0 Å². The molecule has 0 radical (unpaired) electrons. The third-order valence-electron chi connectivity index (χ3n) is 3.70. The molecule has 3 N–H and O–H groups in total. The Hall–Kier alpha value is -3.95. The number of nitrogens with one attached hydrogen (secondary N) is 2. The Morgan fingerprint density at radius 1 is 1.24 bits per heavy atom. The summed E-state index contributed by atoms with van der Waals surface area (Å²) in [5.74, 6) is -2.53. The van der Waals surface area contributed by atoms with Gasteiger partial charge in [0.25, 0.3) is 0 Å².